The van der Waals surface area contributed by atoms with Gasteiger partial charge in [0.25, 0.3) is 0 Å². The van der Waals surface area contributed by atoms with Crippen LogP contribution in [0.2, 0.25) is 0 Å². The summed E-state index contributed by atoms with van der Waals surface area (Å²) in [6.45, 7) is 0. The monoisotopic (exact) mass is 336 g/mol. The molecule has 0 radical (unpaired) electrons. The summed E-state index contributed by atoms with van der Waals surface area (Å²) in [5.41, 5.74) is 8.66. The number of aromatic nitrogens is 2. The highest BCUT2D eigenvalue weighted by Gasteiger charge is 2.35. The normalized spacial score (nSPS) is 16.4. The van der Waals surface area contributed by atoms with E-state index in [9.17, 15) is 10.4 Å². The van der Waals surface area contributed by atoms with E-state index < -0.39 is 5.92 Å². The zero-order valence-corrected chi connectivity index (χ0v) is 13.2. The molecule has 24 heavy (non-hydrogen) atoms. The number of hydrogen-bond donors (Lipinski definition) is 3. The number of nitriles is 1. The van der Waals surface area contributed by atoms with Crippen LogP contribution in [0.3, 0.4) is 0 Å². The molecule has 0 saturated carbocycles. The van der Waals surface area contributed by atoms with Crippen molar-refractivity contribution < 1.29 is 9.84 Å². The second-order valence-corrected chi connectivity index (χ2v) is 6.26. The van der Waals surface area contributed by atoms with Crippen molar-refractivity contribution in [1.29, 1.82) is 5.26 Å². The first kappa shape index (κ1) is 14.4. The van der Waals surface area contributed by atoms with Gasteiger partial charge in [0.05, 0.1) is 22.1 Å². The molecule has 3 aromatic rings. The molecule has 1 aliphatic heterocycles. The summed E-state index contributed by atoms with van der Waals surface area (Å²) in [6.07, 6.45) is 0. The van der Waals surface area contributed by atoms with Crippen molar-refractivity contribution in [3.63, 3.8) is 0 Å². The largest absolute Gasteiger partial charge is 0.508 e. The molecule has 0 spiro atoms. The van der Waals surface area contributed by atoms with Crippen LogP contribution in [0.5, 0.6) is 11.6 Å². The van der Waals surface area contributed by atoms with Crippen molar-refractivity contribution in [2.75, 3.05) is 0 Å². The Morgan fingerprint density at radius 3 is 2.75 bits per heavy atom. The van der Waals surface area contributed by atoms with Gasteiger partial charge >= 0.3 is 0 Å². The molecular weight excluding hydrogens is 324 g/mol. The van der Waals surface area contributed by atoms with Crippen LogP contribution < -0.4 is 10.5 Å². The van der Waals surface area contributed by atoms with E-state index in [1.54, 1.807) is 35.6 Å². The highest BCUT2D eigenvalue weighted by atomic mass is 32.1. The van der Waals surface area contributed by atoms with Crippen molar-refractivity contribution in [2.45, 2.75) is 5.92 Å². The summed E-state index contributed by atoms with van der Waals surface area (Å²) < 4.78 is 5.54. The molecule has 1 aliphatic rings. The van der Waals surface area contributed by atoms with Crippen LogP contribution in [0.15, 0.2) is 53.2 Å². The summed E-state index contributed by atoms with van der Waals surface area (Å²) in [5.74, 6) is 0.169. The van der Waals surface area contributed by atoms with Crippen molar-refractivity contribution in [3.8, 4) is 28.3 Å². The number of ether oxygens (including phenoxy) is 1. The molecule has 4 N–H and O–H groups in total. The molecule has 0 saturated heterocycles. The fourth-order valence-corrected chi connectivity index (χ4v) is 3.59. The van der Waals surface area contributed by atoms with Gasteiger partial charge in [0.1, 0.15) is 17.4 Å². The molecule has 3 heterocycles. The smallest absolute Gasteiger partial charge is 0.244 e. The van der Waals surface area contributed by atoms with Crippen LogP contribution in [-0.2, 0) is 0 Å². The summed E-state index contributed by atoms with van der Waals surface area (Å²) in [4.78, 5) is 0.994. The third-order valence-electron chi connectivity index (χ3n) is 3.93. The van der Waals surface area contributed by atoms with Crippen LogP contribution in [0.1, 0.15) is 17.0 Å². The lowest BCUT2D eigenvalue weighted by atomic mass is 9.84. The molecule has 0 amide bonds. The number of thiophene rings is 1. The van der Waals surface area contributed by atoms with Crippen molar-refractivity contribution >= 4 is 11.3 Å². The van der Waals surface area contributed by atoms with Crippen LogP contribution >= 0.6 is 11.3 Å². The maximum Gasteiger partial charge on any atom is 0.244 e. The average Bonchev–Trinajstić information content (AvgIpc) is 3.23. The molecule has 6 nitrogen and oxygen atoms in total. The quantitative estimate of drug-likeness (QED) is 0.666. The van der Waals surface area contributed by atoms with Crippen LogP contribution in [0.4, 0.5) is 0 Å². The Kier molecular flexibility index (Phi) is 3.25. The number of H-pyrrole nitrogens is 1. The van der Waals surface area contributed by atoms with Gasteiger partial charge < -0.3 is 15.6 Å². The minimum Gasteiger partial charge on any atom is -0.508 e. The van der Waals surface area contributed by atoms with E-state index in [2.05, 4.69) is 16.3 Å². The lowest BCUT2D eigenvalue weighted by Crippen LogP contribution is -2.20. The first-order valence-corrected chi connectivity index (χ1v) is 8.05. The fourth-order valence-electron chi connectivity index (χ4n) is 2.85. The molecule has 0 bridgehead atoms. The number of nitrogens with two attached hydrogens (primary N) is 1. The second-order valence-electron chi connectivity index (χ2n) is 5.31. The number of hydrogen-bond acceptors (Lipinski definition) is 6. The summed E-state index contributed by atoms with van der Waals surface area (Å²) in [5, 5.41) is 28.3. The summed E-state index contributed by atoms with van der Waals surface area (Å²) in [7, 11) is 0. The van der Waals surface area contributed by atoms with Crippen molar-refractivity contribution in [1.82, 2.24) is 10.2 Å². The number of aromatic hydroxyl groups is 1. The number of rotatable bonds is 2. The predicted octanol–water partition coefficient (Wildman–Crippen LogP) is 3.06. The molecule has 0 fully saturated rings. The van der Waals surface area contributed by atoms with Crippen LogP contribution in [-0.4, -0.2) is 15.3 Å². The van der Waals surface area contributed by atoms with Gasteiger partial charge in [-0.15, -0.1) is 16.4 Å². The van der Waals surface area contributed by atoms with E-state index in [1.165, 1.54) is 0 Å². The SMILES string of the molecule is N#CC1=C(N)Oc2n[nH]c(-c3cccs3)c2[C@H]1c1ccc(O)cc1. The van der Waals surface area contributed by atoms with E-state index in [0.717, 1.165) is 21.7 Å². The van der Waals surface area contributed by atoms with Gasteiger partial charge in [-0.25, -0.2) is 0 Å². The van der Waals surface area contributed by atoms with E-state index in [-0.39, 0.29) is 11.6 Å². The Labute approximate surface area is 141 Å². The van der Waals surface area contributed by atoms with Gasteiger partial charge in [-0.3, -0.25) is 5.10 Å². The van der Waals surface area contributed by atoms with Gasteiger partial charge in [0.15, 0.2) is 0 Å². The Morgan fingerprint density at radius 1 is 1.29 bits per heavy atom. The zero-order chi connectivity index (χ0) is 16.7. The minimum absolute atomic E-state index is 0.0484. The molecule has 7 heteroatoms. The maximum atomic E-state index is 9.59. The zero-order valence-electron chi connectivity index (χ0n) is 12.4. The van der Waals surface area contributed by atoms with Crippen LogP contribution in [0, 0.1) is 11.3 Å². The molecule has 2 aromatic heterocycles. The third-order valence-corrected chi connectivity index (χ3v) is 4.82. The first-order valence-electron chi connectivity index (χ1n) is 7.17. The number of nitrogens with zero attached hydrogens (tertiary/aromatic N) is 2. The topological polar surface area (TPSA) is 108 Å². The number of allylic oxidation sites excluding steroid dienone is 1. The number of aromatic amines is 1. The Hall–Kier alpha value is -3.24. The summed E-state index contributed by atoms with van der Waals surface area (Å²) in [6, 6.07) is 12.8. The molecule has 118 valence electrons. The van der Waals surface area contributed by atoms with E-state index in [1.807, 2.05) is 17.5 Å². The van der Waals surface area contributed by atoms with Crippen molar-refractivity contribution in [3.05, 3.63) is 64.4 Å². The van der Waals surface area contributed by atoms with Crippen molar-refractivity contribution in [2.24, 2.45) is 5.73 Å². The number of phenols is 1. The number of fused-ring (bicyclic) bond motifs is 1. The Morgan fingerprint density at radius 2 is 2.08 bits per heavy atom. The van der Waals surface area contributed by atoms with Gasteiger partial charge in [-0.2, -0.15) is 5.26 Å². The molecule has 4 rings (SSSR count). The highest BCUT2D eigenvalue weighted by Crippen LogP contribution is 2.46. The molecule has 1 aromatic carbocycles. The molecule has 1 atom stereocenters. The van der Waals surface area contributed by atoms with Crippen LogP contribution in [0.25, 0.3) is 10.6 Å². The number of nitrogens with one attached hydrogen (secondary N) is 1. The molecule has 0 aliphatic carbocycles. The highest BCUT2D eigenvalue weighted by molar-refractivity contribution is 7.13. The summed E-state index contributed by atoms with van der Waals surface area (Å²) >= 11 is 1.57. The fraction of sp³-hybridized carbons (Fsp3) is 0.0588. The third kappa shape index (κ3) is 2.13. The molecular formula is C17H12N4O2S. The van der Waals surface area contributed by atoms with Gasteiger partial charge in [0.2, 0.25) is 11.8 Å². The average molecular weight is 336 g/mol. The molecule has 0 unspecified atom stereocenters. The van der Waals surface area contributed by atoms with E-state index >= 15 is 0 Å². The van der Waals surface area contributed by atoms with Gasteiger partial charge in [0, 0.05) is 0 Å². The van der Waals surface area contributed by atoms with Gasteiger partial charge in [-0.1, -0.05) is 18.2 Å². The Balaban J connectivity index is 1.95. The maximum absolute atomic E-state index is 9.59. The minimum atomic E-state index is -0.407. The van der Waals surface area contributed by atoms with E-state index in [0.29, 0.717) is 11.5 Å². The number of phenolic OH excluding ortho intramolecular Hbond substituents is 1. The standard InChI is InChI=1S/C17H12N4O2S/c18-8-11-13(9-3-5-10(22)6-4-9)14-15(12-2-1-7-24-12)20-21-17(14)23-16(11)19/h1-7,13,22H,19H2,(H,20,21)/t13-/m0/s1. The lowest BCUT2D eigenvalue weighted by molar-refractivity contribution is 0.379. The van der Waals surface area contributed by atoms with E-state index in [4.69, 9.17) is 10.5 Å². The number of benzene rings is 1. The lowest BCUT2D eigenvalue weighted by Gasteiger charge is -2.23. The predicted molar refractivity (Wildman–Crippen MR) is 89.3 cm³/mol. The first-order chi connectivity index (χ1) is 11.7. The second kappa shape index (κ2) is 5.44. The van der Waals surface area contributed by atoms with Gasteiger partial charge in [-0.05, 0) is 29.1 Å². The Bertz CT molecular complexity index is 965.